The molecule has 0 aromatic carbocycles. The summed E-state index contributed by atoms with van der Waals surface area (Å²) in [5.74, 6) is 0. The molecule has 7 N–H and O–H groups in total. The topological polar surface area (TPSA) is 127 Å². The number of hydrogen-bond acceptors (Lipinski definition) is 6. The number of nitrogens with two attached hydrogens (primary N) is 1. The van der Waals surface area contributed by atoms with Crippen LogP contribution in [0.3, 0.4) is 0 Å². The molecule has 0 spiro atoms. The predicted molar refractivity (Wildman–Crippen MR) is 39.9 cm³/mol. The van der Waals surface area contributed by atoms with Gasteiger partial charge in [-0.05, 0) is 6.42 Å². The molecule has 0 aliphatic carbocycles. The number of rotatable bonds is 5. The first kappa shape index (κ1) is 11.8. The summed E-state index contributed by atoms with van der Waals surface area (Å²) in [6.07, 6.45) is -4.63. The largest absolute Gasteiger partial charge is 0.396 e. The zero-order valence-corrected chi connectivity index (χ0v) is 6.54. The number of aliphatic hydroxyl groups excluding tert-OH is 4. The third kappa shape index (κ3) is 3.44. The van der Waals surface area contributed by atoms with E-state index in [4.69, 9.17) is 31.3 Å². The van der Waals surface area contributed by atoms with Crippen molar-refractivity contribution in [2.45, 2.75) is 31.0 Å². The molecule has 0 rings (SSSR count). The van der Waals surface area contributed by atoms with Gasteiger partial charge in [-0.2, -0.15) is 0 Å². The normalized spacial score (nSPS) is 19.2. The minimum absolute atomic E-state index is 0.0540. The Morgan fingerprint density at radius 2 is 1.58 bits per heavy atom. The van der Waals surface area contributed by atoms with Crippen LogP contribution in [0.15, 0.2) is 0 Å². The highest BCUT2D eigenvalue weighted by atomic mass is 16.5. The highest BCUT2D eigenvalue weighted by molar-refractivity contribution is 4.79. The summed E-state index contributed by atoms with van der Waals surface area (Å²) in [5, 5.41) is 43.5. The lowest BCUT2D eigenvalue weighted by Crippen LogP contribution is -2.50. The van der Waals surface area contributed by atoms with Gasteiger partial charge < -0.3 is 31.3 Å². The molecule has 0 aromatic heterocycles. The van der Waals surface area contributed by atoms with E-state index in [9.17, 15) is 0 Å². The van der Waals surface area contributed by atoms with Gasteiger partial charge in [0.15, 0.2) is 6.29 Å². The summed E-state index contributed by atoms with van der Waals surface area (Å²) in [4.78, 5) is 0. The summed E-state index contributed by atoms with van der Waals surface area (Å²) >= 11 is 0. The van der Waals surface area contributed by atoms with Crippen molar-refractivity contribution in [3.05, 3.63) is 0 Å². The molecule has 0 amide bonds. The van der Waals surface area contributed by atoms with Crippen LogP contribution in [0.4, 0.5) is 0 Å². The van der Waals surface area contributed by atoms with Gasteiger partial charge in [-0.15, -0.1) is 0 Å². The van der Waals surface area contributed by atoms with Crippen LogP contribution in [0.25, 0.3) is 0 Å². The van der Waals surface area contributed by atoms with Crippen molar-refractivity contribution < 1.29 is 25.5 Å². The molecule has 6 heteroatoms. The van der Waals surface area contributed by atoms with Crippen LogP contribution in [0.2, 0.25) is 0 Å². The Kier molecular flexibility index (Phi) is 5.31. The first-order valence-electron chi connectivity index (χ1n) is 3.59. The van der Waals surface area contributed by atoms with Gasteiger partial charge in [0.25, 0.3) is 0 Å². The third-order valence-electron chi connectivity index (χ3n) is 1.56. The highest BCUT2D eigenvalue weighted by Gasteiger charge is 2.27. The van der Waals surface area contributed by atoms with E-state index in [2.05, 4.69) is 0 Å². The lowest BCUT2D eigenvalue weighted by molar-refractivity contribution is -0.111. The summed E-state index contributed by atoms with van der Waals surface area (Å²) in [6.45, 7) is -0.299. The Morgan fingerprint density at radius 3 is 1.92 bits per heavy atom. The van der Waals surface area contributed by atoms with Crippen LogP contribution < -0.4 is 5.73 Å². The minimum atomic E-state index is -1.88. The fraction of sp³-hybridized carbons (Fsp3) is 1.00. The van der Waals surface area contributed by atoms with Gasteiger partial charge >= 0.3 is 0 Å². The van der Waals surface area contributed by atoms with E-state index in [0.717, 1.165) is 0 Å². The molecule has 0 saturated carbocycles. The minimum Gasteiger partial charge on any atom is -0.396 e. The molecular formula is C6H15NO5. The van der Waals surface area contributed by atoms with Crippen molar-refractivity contribution >= 4 is 0 Å². The van der Waals surface area contributed by atoms with E-state index in [1.807, 2.05) is 0 Å². The van der Waals surface area contributed by atoms with Crippen LogP contribution in [-0.2, 0) is 0 Å². The molecule has 0 heterocycles. The van der Waals surface area contributed by atoms with Gasteiger partial charge in [0.2, 0.25) is 0 Å². The Balaban J connectivity index is 3.90. The molecule has 12 heavy (non-hydrogen) atoms. The standard InChI is InChI=1S/C6H15NO5/c7-4(6(11)12)5(10)3(9)1-2-8/h3-6,8-12H,1-2,7H2. The molecule has 74 valence electrons. The van der Waals surface area contributed by atoms with Gasteiger partial charge in [-0.1, -0.05) is 0 Å². The molecule has 0 saturated heterocycles. The molecule has 0 aromatic rings. The van der Waals surface area contributed by atoms with Crippen molar-refractivity contribution in [3.63, 3.8) is 0 Å². The Morgan fingerprint density at radius 1 is 1.08 bits per heavy atom. The summed E-state index contributed by atoms with van der Waals surface area (Å²) in [6, 6.07) is -1.33. The van der Waals surface area contributed by atoms with Crippen molar-refractivity contribution in [3.8, 4) is 0 Å². The van der Waals surface area contributed by atoms with Gasteiger partial charge in [-0.25, -0.2) is 0 Å². The quantitative estimate of drug-likeness (QED) is 0.247. The third-order valence-corrected chi connectivity index (χ3v) is 1.56. The lowest BCUT2D eigenvalue weighted by Gasteiger charge is -2.24. The second-order valence-corrected chi connectivity index (χ2v) is 2.56. The lowest BCUT2D eigenvalue weighted by atomic mass is 10.0. The Labute approximate surface area is 69.9 Å². The molecule has 0 fully saturated rings. The molecule has 3 unspecified atom stereocenters. The zero-order chi connectivity index (χ0) is 9.72. The summed E-state index contributed by atoms with van der Waals surface area (Å²) < 4.78 is 0. The van der Waals surface area contributed by atoms with Crippen molar-refractivity contribution in [1.82, 2.24) is 0 Å². The fourth-order valence-electron chi connectivity index (χ4n) is 0.736. The number of hydrogen-bond donors (Lipinski definition) is 6. The molecule has 0 aliphatic rings. The molecule has 0 bridgehead atoms. The van der Waals surface area contributed by atoms with E-state index in [-0.39, 0.29) is 13.0 Å². The zero-order valence-electron chi connectivity index (χ0n) is 6.54. The Bertz CT molecular complexity index is 121. The first-order chi connectivity index (χ1) is 5.50. The van der Waals surface area contributed by atoms with Gasteiger partial charge in [-0.3, -0.25) is 0 Å². The van der Waals surface area contributed by atoms with Crippen LogP contribution in [-0.4, -0.2) is 56.7 Å². The van der Waals surface area contributed by atoms with E-state index in [1.54, 1.807) is 0 Å². The fourth-order valence-corrected chi connectivity index (χ4v) is 0.736. The maximum Gasteiger partial charge on any atom is 0.169 e. The van der Waals surface area contributed by atoms with Crippen LogP contribution in [0, 0.1) is 0 Å². The smallest absolute Gasteiger partial charge is 0.169 e. The second-order valence-electron chi connectivity index (χ2n) is 2.56. The highest BCUT2D eigenvalue weighted by Crippen LogP contribution is 2.03. The number of aliphatic hydroxyl groups is 5. The van der Waals surface area contributed by atoms with Gasteiger partial charge in [0, 0.05) is 6.61 Å². The van der Waals surface area contributed by atoms with Crippen molar-refractivity contribution in [2.75, 3.05) is 6.61 Å². The molecule has 6 nitrogen and oxygen atoms in total. The van der Waals surface area contributed by atoms with Crippen molar-refractivity contribution in [2.24, 2.45) is 5.73 Å². The Hall–Kier alpha value is -0.240. The van der Waals surface area contributed by atoms with E-state index in [0.29, 0.717) is 0 Å². The maximum atomic E-state index is 9.08. The SMILES string of the molecule is NC(C(O)O)C(O)C(O)CCO. The molecule has 3 atom stereocenters. The summed E-state index contributed by atoms with van der Waals surface area (Å²) in [7, 11) is 0. The van der Waals surface area contributed by atoms with E-state index >= 15 is 0 Å². The van der Waals surface area contributed by atoms with Gasteiger partial charge in [0.05, 0.1) is 18.2 Å². The second kappa shape index (κ2) is 5.41. The predicted octanol–water partition coefficient (Wildman–Crippen LogP) is -3.27. The van der Waals surface area contributed by atoms with Crippen LogP contribution in [0.1, 0.15) is 6.42 Å². The van der Waals surface area contributed by atoms with Crippen LogP contribution >= 0.6 is 0 Å². The maximum absolute atomic E-state index is 9.08. The van der Waals surface area contributed by atoms with Crippen molar-refractivity contribution in [1.29, 1.82) is 0 Å². The first-order valence-corrected chi connectivity index (χ1v) is 3.59. The monoisotopic (exact) mass is 181 g/mol. The molecule has 0 aliphatic heterocycles. The summed E-state index contributed by atoms with van der Waals surface area (Å²) in [5.41, 5.74) is 5.10. The average molecular weight is 181 g/mol. The average Bonchev–Trinajstić information content (AvgIpc) is 2.02. The van der Waals surface area contributed by atoms with Crippen LogP contribution in [0.5, 0.6) is 0 Å². The van der Waals surface area contributed by atoms with E-state index in [1.165, 1.54) is 0 Å². The molecular weight excluding hydrogens is 166 g/mol. The van der Waals surface area contributed by atoms with Gasteiger partial charge in [0.1, 0.15) is 0 Å². The molecule has 0 radical (unpaired) electrons. The van der Waals surface area contributed by atoms with E-state index < -0.39 is 24.5 Å².